The standard InChI is InChI=1S/C16H15BrFNO/c1-3-19(15-7-5-4-6-11(15)2)16(20)13-9-8-12(18)10-14(13)17/h4-10H,3H2,1-2H3. The number of carbonyl (C=O) groups is 1. The van der Waals surface area contributed by atoms with Gasteiger partial charge in [0.1, 0.15) is 5.82 Å². The largest absolute Gasteiger partial charge is 0.308 e. The Morgan fingerprint density at radius 2 is 1.95 bits per heavy atom. The van der Waals surface area contributed by atoms with Gasteiger partial charge in [0, 0.05) is 16.7 Å². The average molecular weight is 336 g/mol. The van der Waals surface area contributed by atoms with Gasteiger partial charge in [0.05, 0.1) is 5.56 Å². The molecule has 0 atom stereocenters. The lowest BCUT2D eigenvalue weighted by Crippen LogP contribution is -2.31. The smallest absolute Gasteiger partial charge is 0.259 e. The molecule has 0 radical (unpaired) electrons. The molecule has 2 rings (SSSR count). The van der Waals surface area contributed by atoms with E-state index in [1.807, 2.05) is 38.1 Å². The Labute approximate surface area is 126 Å². The number of para-hydroxylation sites is 1. The lowest BCUT2D eigenvalue weighted by Gasteiger charge is -2.23. The Hall–Kier alpha value is -1.68. The van der Waals surface area contributed by atoms with Crippen LogP contribution in [0.5, 0.6) is 0 Å². The molecular formula is C16H15BrFNO. The summed E-state index contributed by atoms with van der Waals surface area (Å²) in [4.78, 5) is 14.3. The van der Waals surface area contributed by atoms with Gasteiger partial charge >= 0.3 is 0 Å². The van der Waals surface area contributed by atoms with Crippen LogP contribution in [0.2, 0.25) is 0 Å². The molecule has 0 unspecified atom stereocenters. The van der Waals surface area contributed by atoms with Crippen molar-refractivity contribution in [2.75, 3.05) is 11.4 Å². The summed E-state index contributed by atoms with van der Waals surface area (Å²) < 4.78 is 13.6. The van der Waals surface area contributed by atoms with E-state index in [9.17, 15) is 9.18 Å². The zero-order chi connectivity index (χ0) is 14.7. The lowest BCUT2D eigenvalue weighted by molar-refractivity contribution is 0.0987. The van der Waals surface area contributed by atoms with Gasteiger partial charge in [0.2, 0.25) is 0 Å². The second-order valence-corrected chi connectivity index (χ2v) is 5.31. The van der Waals surface area contributed by atoms with Crippen molar-refractivity contribution in [2.45, 2.75) is 13.8 Å². The summed E-state index contributed by atoms with van der Waals surface area (Å²) in [5.74, 6) is -0.513. The number of carbonyl (C=O) groups excluding carboxylic acids is 1. The molecule has 4 heteroatoms. The molecular weight excluding hydrogens is 321 g/mol. The van der Waals surface area contributed by atoms with Crippen LogP contribution in [0.1, 0.15) is 22.8 Å². The van der Waals surface area contributed by atoms with Crippen molar-refractivity contribution >= 4 is 27.5 Å². The number of rotatable bonds is 3. The van der Waals surface area contributed by atoms with Crippen LogP contribution in [0.25, 0.3) is 0 Å². The summed E-state index contributed by atoms with van der Waals surface area (Å²) in [5, 5.41) is 0. The Morgan fingerprint density at radius 3 is 2.55 bits per heavy atom. The molecule has 104 valence electrons. The van der Waals surface area contributed by atoms with Crippen molar-refractivity contribution < 1.29 is 9.18 Å². The van der Waals surface area contributed by atoms with E-state index >= 15 is 0 Å². The number of hydrogen-bond acceptors (Lipinski definition) is 1. The topological polar surface area (TPSA) is 20.3 Å². The Morgan fingerprint density at radius 1 is 1.25 bits per heavy atom. The SMILES string of the molecule is CCN(C(=O)c1ccc(F)cc1Br)c1ccccc1C. The van der Waals surface area contributed by atoms with Crippen molar-refractivity contribution in [2.24, 2.45) is 0 Å². The fraction of sp³-hybridized carbons (Fsp3) is 0.188. The number of benzene rings is 2. The average Bonchev–Trinajstić information content (AvgIpc) is 2.41. The highest BCUT2D eigenvalue weighted by atomic mass is 79.9. The van der Waals surface area contributed by atoms with Crippen molar-refractivity contribution in [1.82, 2.24) is 0 Å². The molecule has 20 heavy (non-hydrogen) atoms. The predicted molar refractivity (Wildman–Crippen MR) is 82.6 cm³/mol. The lowest BCUT2D eigenvalue weighted by atomic mass is 10.1. The second kappa shape index (κ2) is 6.18. The van der Waals surface area contributed by atoms with Gasteiger partial charge in [-0.25, -0.2) is 4.39 Å². The Balaban J connectivity index is 2.42. The zero-order valence-corrected chi connectivity index (χ0v) is 12.9. The van der Waals surface area contributed by atoms with E-state index in [1.54, 1.807) is 4.90 Å². The van der Waals surface area contributed by atoms with Crippen LogP contribution in [-0.4, -0.2) is 12.5 Å². The number of aryl methyl sites for hydroxylation is 1. The maximum atomic E-state index is 13.1. The minimum absolute atomic E-state index is 0.145. The molecule has 0 spiro atoms. The molecule has 0 fully saturated rings. The monoisotopic (exact) mass is 335 g/mol. The summed E-state index contributed by atoms with van der Waals surface area (Å²) in [6, 6.07) is 11.8. The highest BCUT2D eigenvalue weighted by Crippen LogP contribution is 2.25. The minimum atomic E-state index is -0.368. The van der Waals surface area contributed by atoms with Crippen LogP contribution in [0, 0.1) is 12.7 Å². The van der Waals surface area contributed by atoms with Crippen LogP contribution in [0.4, 0.5) is 10.1 Å². The van der Waals surface area contributed by atoms with Gasteiger partial charge in [-0.05, 0) is 59.6 Å². The van der Waals surface area contributed by atoms with Crippen molar-refractivity contribution in [3.05, 3.63) is 63.9 Å². The fourth-order valence-electron chi connectivity index (χ4n) is 2.10. The molecule has 1 amide bonds. The Bertz CT molecular complexity index is 642. The van der Waals surface area contributed by atoms with Crippen molar-refractivity contribution in [3.63, 3.8) is 0 Å². The maximum absolute atomic E-state index is 13.1. The third-order valence-corrected chi connectivity index (χ3v) is 3.79. The van der Waals surface area contributed by atoms with E-state index in [0.29, 0.717) is 16.6 Å². The maximum Gasteiger partial charge on any atom is 0.259 e. The number of nitrogens with zero attached hydrogens (tertiary/aromatic N) is 1. The number of amides is 1. The van der Waals surface area contributed by atoms with Gasteiger partial charge in [-0.2, -0.15) is 0 Å². The molecule has 0 saturated carbocycles. The Kier molecular flexibility index (Phi) is 4.55. The molecule has 2 nitrogen and oxygen atoms in total. The molecule has 0 saturated heterocycles. The number of halogens is 2. The van der Waals surface area contributed by atoms with Gasteiger partial charge < -0.3 is 4.90 Å². The molecule has 2 aromatic rings. The van der Waals surface area contributed by atoms with Crippen molar-refractivity contribution in [1.29, 1.82) is 0 Å². The quantitative estimate of drug-likeness (QED) is 0.804. The first-order chi connectivity index (χ1) is 9.54. The van der Waals surface area contributed by atoms with Crippen molar-refractivity contribution in [3.8, 4) is 0 Å². The molecule has 0 aliphatic heterocycles. The van der Waals surface area contributed by atoms with Crippen LogP contribution < -0.4 is 4.90 Å². The first-order valence-electron chi connectivity index (χ1n) is 6.37. The predicted octanol–water partition coefficient (Wildman–Crippen LogP) is 4.56. The van der Waals surface area contributed by atoms with E-state index in [1.165, 1.54) is 18.2 Å². The number of hydrogen-bond donors (Lipinski definition) is 0. The second-order valence-electron chi connectivity index (χ2n) is 4.46. The highest BCUT2D eigenvalue weighted by molar-refractivity contribution is 9.10. The molecule has 0 aromatic heterocycles. The van der Waals surface area contributed by atoms with Gasteiger partial charge in [-0.3, -0.25) is 4.79 Å². The van der Waals surface area contributed by atoms with E-state index in [0.717, 1.165) is 11.3 Å². The zero-order valence-electron chi connectivity index (χ0n) is 11.4. The first kappa shape index (κ1) is 14.7. The minimum Gasteiger partial charge on any atom is -0.308 e. The van der Waals surface area contributed by atoms with Crippen LogP contribution in [-0.2, 0) is 0 Å². The number of anilines is 1. The molecule has 2 aromatic carbocycles. The van der Waals surface area contributed by atoms with Gasteiger partial charge in [0.15, 0.2) is 0 Å². The summed E-state index contributed by atoms with van der Waals surface area (Å²) in [5.41, 5.74) is 2.36. The summed E-state index contributed by atoms with van der Waals surface area (Å²) in [7, 11) is 0. The molecule has 0 aliphatic rings. The molecule has 0 aliphatic carbocycles. The van der Waals surface area contributed by atoms with Crippen LogP contribution >= 0.6 is 15.9 Å². The summed E-state index contributed by atoms with van der Waals surface area (Å²) in [6.45, 7) is 4.43. The fourth-order valence-corrected chi connectivity index (χ4v) is 2.62. The van der Waals surface area contributed by atoms with E-state index in [-0.39, 0.29) is 11.7 Å². The van der Waals surface area contributed by atoms with Gasteiger partial charge in [-0.15, -0.1) is 0 Å². The highest BCUT2D eigenvalue weighted by Gasteiger charge is 2.19. The summed E-state index contributed by atoms with van der Waals surface area (Å²) >= 11 is 3.25. The van der Waals surface area contributed by atoms with E-state index < -0.39 is 0 Å². The van der Waals surface area contributed by atoms with Gasteiger partial charge in [-0.1, -0.05) is 18.2 Å². The van der Waals surface area contributed by atoms with Crippen LogP contribution in [0.3, 0.4) is 0 Å². The third-order valence-electron chi connectivity index (χ3n) is 3.13. The molecule has 0 bridgehead atoms. The first-order valence-corrected chi connectivity index (χ1v) is 7.16. The van der Waals surface area contributed by atoms with Crippen LogP contribution in [0.15, 0.2) is 46.9 Å². The third kappa shape index (κ3) is 2.90. The summed E-state index contributed by atoms with van der Waals surface area (Å²) in [6.07, 6.45) is 0. The molecule has 0 heterocycles. The van der Waals surface area contributed by atoms with E-state index in [2.05, 4.69) is 15.9 Å². The van der Waals surface area contributed by atoms with E-state index in [4.69, 9.17) is 0 Å². The van der Waals surface area contributed by atoms with Gasteiger partial charge in [0.25, 0.3) is 5.91 Å². The molecule has 0 N–H and O–H groups in total. The normalized spacial score (nSPS) is 10.4.